The number of alkyl halides is 3. The minimum absolute atomic E-state index is 0.116. The molecule has 0 atom stereocenters. The van der Waals surface area contributed by atoms with Gasteiger partial charge in [0.1, 0.15) is 15.6 Å². The minimum atomic E-state index is -4.38. The number of amides is 1. The Morgan fingerprint density at radius 3 is 2.57 bits per heavy atom. The molecule has 0 unspecified atom stereocenters. The fraction of sp³-hybridized carbons (Fsp3) is 0.211. The fourth-order valence-electron chi connectivity index (χ4n) is 2.34. The third-order valence-corrected chi connectivity index (χ3v) is 4.84. The summed E-state index contributed by atoms with van der Waals surface area (Å²) in [4.78, 5) is 21.6. The largest absolute Gasteiger partial charge is 0.484 e. The first-order valence-corrected chi connectivity index (χ1v) is 9.09. The van der Waals surface area contributed by atoms with Crippen LogP contribution in [0.2, 0.25) is 0 Å². The van der Waals surface area contributed by atoms with Gasteiger partial charge in [-0.25, -0.2) is 4.98 Å². The van der Waals surface area contributed by atoms with Crippen molar-refractivity contribution in [1.29, 1.82) is 0 Å². The molecule has 3 aromatic rings. The lowest BCUT2D eigenvalue weighted by molar-refractivity contribution is -0.153. The van der Waals surface area contributed by atoms with Crippen LogP contribution in [0.15, 0.2) is 48.7 Å². The van der Waals surface area contributed by atoms with Gasteiger partial charge in [0.15, 0.2) is 6.61 Å². The number of thiazole rings is 1. The molecular weight excluding hydrogens is 391 g/mol. The molecule has 146 valence electrons. The van der Waals surface area contributed by atoms with Crippen LogP contribution in [0.25, 0.3) is 10.7 Å². The van der Waals surface area contributed by atoms with Crippen molar-refractivity contribution in [2.24, 2.45) is 0 Å². The number of aromatic nitrogens is 2. The molecule has 0 radical (unpaired) electrons. The van der Waals surface area contributed by atoms with Gasteiger partial charge >= 0.3 is 6.18 Å². The lowest BCUT2D eigenvalue weighted by atomic mass is 10.2. The Labute approximate surface area is 163 Å². The van der Waals surface area contributed by atoms with Gasteiger partial charge in [-0.2, -0.15) is 13.2 Å². The van der Waals surface area contributed by atoms with Crippen molar-refractivity contribution in [3.63, 3.8) is 0 Å². The number of pyridine rings is 1. The molecule has 2 aromatic heterocycles. The molecule has 0 aliphatic heterocycles. The third-order valence-electron chi connectivity index (χ3n) is 3.67. The molecule has 9 heteroatoms. The first kappa shape index (κ1) is 19.8. The molecule has 0 bridgehead atoms. The van der Waals surface area contributed by atoms with E-state index in [1.165, 1.54) is 23.5 Å². The highest BCUT2D eigenvalue weighted by molar-refractivity contribution is 7.17. The van der Waals surface area contributed by atoms with E-state index in [1.54, 1.807) is 31.3 Å². The van der Waals surface area contributed by atoms with Crippen LogP contribution in [0.4, 0.5) is 13.2 Å². The standard InChI is InChI=1S/C19H16F3N3O2S/c1-12-16(28-18(25-12)15-4-2-3-9-23-15)17(26)24-10-13-5-7-14(8-6-13)27-11-19(20,21)22/h2-9H,10-11H2,1H3,(H,24,26). The predicted molar refractivity (Wildman–Crippen MR) is 99.2 cm³/mol. The number of nitrogens with one attached hydrogen (secondary N) is 1. The summed E-state index contributed by atoms with van der Waals surface area (Å²) in [6.45, 7) is 0.644. The average Bonchev–Trinajstić information content (AvgIpc) is 3.07. The Morgan fingerprint density at radius 1 is 1.18 bits per heavy atom. The van der Waals surface area contributed by atoms with E-state index in [4.69, 9.17) is 0 Å². The molecule has 3 rings (SSSR count). The van der Waals surface area contributed by atoms with Crippen LogP contribution in [0.5, 0.6) is 5.75 Å². The maximum atomic E-state index is 12.5. The molecule has 5 nitrogen and oxygen atoms in total. The summed E-state index contributed by atoms with van der Waals surface area (Å²) >= 11 is 1.25. The molecule has 0 aliphatic rings. The van der Waals surface area contributed by atoms with Crippen molar-refractivity contribution in [2.45, 2.75) is 19.6 Å². The number of rotatable bonds is 6. The highest BCUT2D eigenvalue weighted by Gasteiger charge is 2.28. The number of aryl methyl sites for hydroxylation is 1. The molecule has 1 aromatic carbocycles. The summed E-state index contributed by atoms with van der Waals surface area (Å²) in [6.07, 6.45) is -2.72. The Bertz CT molecular complexity index is 941. The van der Waals surface area contributed by atoms with E-state index in [0.29, 0.717) is 21.3 Å². The number of halogens is 3. The Morgan fingerprint density at radius 2 is 1.93 bits per heavy atom. The highest BCUT2D eigenvalue weighted by atomic mass is 32.1. The summed E-state index contributed by atoms with van der Waals surface area (Å²) in [5, 5.41) is 3.45. The lowest BCUT2D eigenvalue weighted by Gasteiger charge is -2.10. The van der Waals surface area contributed by atoms with E-state index in [9.17, 15) is 18.0 Å². The molecule has 28 heavy (non-hydrogen) atoms. The van der Waals surface area contributed by atoms with E-state index in [1.807, 2.05) is 12.1 Å². The topological polar surface area (TPSA) is 64.1 Å². The molecule has 0 saturated carbocycles. The zero-order valence-corrected chi connectivity index (χ0v) is 15.6. The normalized spacial score (nSPS) is 11.3. The maximum Gasteiger partial charge on any atom is 0.422 e. The Balaban J connectivity index is 1.59. The minimum Gasteiger partial charge on any atom is -0.484 e. The van der Waals surface area contributed by atoms with Crippen LogP contribution < -0.4 is 10.1 Å². The summed E-state index contributed by atoms with van der Waals surface area (Å²) in [7, 11) is 0. The monoisotopic (exact) mass is 407 g/mol. The van der Waals surface area contributed by atoms with Crippen LogP contribution in [0.3, 0.4) is 0 Å². The van der Waals surface area contributed by atoms with Crippen LogP contribution in [0, 0.1) is 6.92 Å². The Hall–Kier alpha value is -2.94. The van der Waals surface area contributed by atoms with Gasteiger partial charge in [0.2, 0.25) is 0 Å². The molecule has 2 heterocycles. The van der Waals surface area contributed by atoms with Crippen molar-refractivity contribution in [3.05, 3.63) is 64.8 Å². The first-order valence-electron chi connectivity index (χ1n) is 8.27. The van der Waals surface area contributed by atoms with Gasteiger partial charge in [-0.1, -0.05) is 18.2 Å². The van der Waals surface area contributed by atoms with Gasteiger partial charge < -0.3 is 10.1 Å². The zero-order valence-electron chi connectivity index (χ0n) is 14.8. The van der Waals surface area contributed by atoms with Crippen molar-refractivity contribution in [2.75, 3.05) is 6.61 Å². The van der Waals surface area contributed by atoms with Gasteiger partial charge in [-0.15, -0.1) is 11.3 Å². The second kappa shape index (κ2) is 8.39. The van der Waals surface area contributed by atoms with Gasteiger partial charge in [0.25, 0.3) is 5.91 Å². The van der Waals surface area contributed by atoms with Crippen molar-refractivity contribution in [3.8, 4) is 16.5 Å². The number of hydrogen-bond acceptors (Lipinski definition) is 5. The van der Waals surface area contributed by atoms with E-state index < -0.39 is 12.8 Å². The maximum absolute atomic E-state index is 12.5. The summed E-state index contributed by atoms with van der Waals surface area (Å²) < 4.78 is 41.1. The van der Waals surface area contributed by atoms with Gasteiger partial charge in [0, 0.05) is 12.7 Å². The predicted octanol–water partition coefficient (Wildman–Crippen LogP) is 4.38. The molecule has 0 spiro atoms. The van der Waals surface area contributed by atoms with E-state index >= 15 is 0 Å². The SMILES string of the molecule is Cc1nc(-c2ccccn2)sc1C(=O)NCc1ccc(OCC(F)(F)F)cc1. The van der Waals surface area contributed by atoms with Crippen molar-refractivity contribution >= 4 is 17.2 Å². The number of benzene rings is 1. The van der Waals surface area contributed by atoms with Gasteiger partial charge in [-0.3, -0.25) is 9.78 Å². The van der Waals surface area contributed by atoms with Gasteiger partial charge in [-0.05, 0) is 36.8 Å². The number of hydrogen-bond donors (Lipinski definition) is 1. The van der Waals surface area contributed by atoms with Crippen LogP contribution >= 0.6 is 11.3 Å². The Kier molecular flexibility index (Phi) is 5.93. The molecule has 0 fully saturated rings. The quantitative estimate of drug-likeness (QED) is 0.659. The number of nitrogens with zero attached hydrogens (tertiary/aromatic N) is 2. The summed E-state index contributed by atoms with van der Waals surface area (Å²) in [5.41, 5.74) is 2.04. The average molecular weight is 407 g/mol. The van der Waals surface area contributed by atoms with Gasteiger partial charge in [0.05, 0.1) is 11.4 Å². The second-order valence-corrected chi connectivity index (χ2v) is 6.88. The first-order chi connectivity index (χ1) is 13.3. The summed E-state index contributed by atoms with van der Waals surface area (Å²) in [6, 6.07) is 11.5. The van der Waals surface area contributed by atoms with Crippen LogP contribution in [-0.4, -0.2) is 28.7 Å². The van der Waals surface area contributed by atoms with E-state index in [0.717, 1.165) is 5.56 Å². The molecule has 1 N–H and O–H groups in total. The smallest absolute Gasteiger partial charge is 0.422 e. The second-order valence-electron chi connectivity index (χ2n) is 5.88. The van der Waals surface area contributed by atoms with Crippen molar-refractivity contribution in [1.82, 2.24) is 15.3 Å². The van der Waals surface area contributed by atoms with Crippen LogP contribution in [0.1, 0.15) is 20.9 Å². The van der Waals surface area contributed by atoms with E-state index in [2.05, 4.69) is 20.0 Å². The molecular formula is C19H16F3N3O2S. The third kappa shape index (κ3) is 5.29. The zero-order chi connectivity index (χ0) is 20.1. The number of ether oxygens (including phenoxy) is 1. The molecule has 0 aliphatic carbocycles. The van der Waals surface area contributed by atoms with Crippen molar-refractivity contribution < 1.29 is 22.7 Å². The fourth-order valence-corrected chi connectivity index (χ4v) is 3.30. The van der Waals surface area contributed by atoms with Crippen LogP contribution in [-0.2, 0) is 6.54 Å². The number of carbonyl (C=O) groups is 1. The molecule has 1 amide bonds. The number of carbonyl (C=O) groups excluding carboxylic acids is 1. The highest BCUT2D eigenvalue weighted by Crippen LogP contribution is 2.26. The molecule has 0 saturated heterocycles. The van der Waals surface area contributed by atoms with E-state index in [-0.39, 0.29) is 18.2 Å². The summed E-state index contributed by atoms with van der Waals surface area (Å²) in [5.74, 6) is -0.153. The lowest BCUT2D eigenvalue weighted by Crippen LogP contribution is -2.22.